The molecule has 0 fully saturated rings. The zero-order valence-electron chi connectivity index (χ0n) is 24.6. The molecule has 0 saturated carbocycles. The highest BCUT2D eigenvalue weighted by Gasteiger charge is 2.14. The van der Waals surface area contributed by atoms with E-state index in [1.54, 1.807) is 12.1 Å². The van der Waals surface area contributed by atoms with Crippen LogP contribution in [0, 0.1) is 0 Å². The minimum Gasteiger partial charge on any atom is -0.457 e. The van der Waals surface area contributed by atoms with Gasteiger partial charge in [0.25, 0.3) is 0 Å². The molecule has 0 unspecified atom stereocenters. The molecule has 0 spiro atoms. The molecule has 0 amide bonds. The molecule has 44 heavy (non-hydrogen) atoms. The van der Waals surface area contributed by atoms with Gasteiger partial charge < -0.3 is 33.9 Å². The molecule has 0 bridgehead atoms. The molecule has 10 nitrogen and oxygen atoms in total. The number of hydrogen-bond donors (Lipinski definition) is 2. The van der Waals surface area contributed by atoms with E-state index in [0.717, 1.165) is 24.0 Å². The molecule has 0 aliphatic heterocycles. The van der Waals surface area contributed by atoms with E-state index in [2.05, 4.69) is 44.3 Å². The average molecular weight is 605 g/mol. The Labute approximate surface area is 256 Å². The Balaban J connectivity index is 1.69. The molecule has 0 atom stereocenters. The molecule has 10 heteroatoms. The van der Waals surface area contributed by atoms with Gasteiger partial charge in [0.05, 0.1) is 29.9 Å². The third-order valence-electron chi connectivity index (χ3n) is 6.33. The number of esters is 3. The number of benzene rings is 3. The topological polar surface area (TPSA) is 138 Å². The average Bonchev–Trinajstić information content (AvgIpc) is 3.04. The van der Waals surface area contributed by atoms with Crippen LogP contribution in [0.3, 0.4) is 0 Å². The molecule has 232 valence electrons. The molecule has 2 N–H and O–H groups in total. The predicted molar refractivity (Wildman–Crippen MR) is 162 cm³/mol. The minimum absolute atomic E-state index is 0.0300. The normalized spacial score (nSPS) is 10.4. The zero-order chi connectivity index (χ0) is 31.9. The second-order valence-electron chi connectivity index (χ2n) is 9.67. The maximum atomic E-state index is 13.0. The van der Waals surface area contributed by atoms with Crippen molar-refractivity contribution in [1.29, 1.82) is 0 Å². The number of aliphatic hydroxyl groups is 2. The summed E-state index contributed by atoms with van der Waals surface area (Å²) in [6.45, 7) is 6.70. The first-order valence-corrected chi connectivity index (χ1v) is 14.0. The molecular formula is C34H36O10. The van der Waals surface area contributed by atoms with Crippen LogP contribution in [0.1, 0.15) is 42.1 Å². The highest BCUT2D eigenvalue weighted by molar-refractivity contribution is 5.92. The molecule has 0 aromatic heterocycles. The second kappa shape index (κ2) is 17.3. The number of aryl methyl sites for hydroxylation is 1. The van der Waals surface area contributed by atoms with Crippen LogP contribution in [-0.4, -0.2) is 54.9 Å². The summed E-state index contributed by atoms with van der Waals surface area (Å²) >= 11 is 0. The summed E-state index contributed by atoms with van der Waals surface area (Å²) in [5, 5.41) is 18.0. The van der Waals surface area contributed by atoms with E-state index in [-0.39, 0.29) is 28.4 Å². The van der Waals surface area contributed by atoms with E-state index in [4.69, 9.17) is 33.9 Å². The number of carbonyl (C=O) groups excluding carboxylic acids is 3. The molecular weight excluding hydrogens is 568 g/mol. The van der Waals surface area contributed by atoms with Gasteiger partial charge in [-0.3, -0.25) is 0 Å². The summed E-state index contributed by atoms with van der Waals surface area (Å²) in [6.07, 6.45) is 4.60. The van der Waals surface area contributed by atoms with Crippen LogP contribution in [0.5, 0.6) is 17.2 Å². The third kappa shape index (κ3) is 10.4. The molecule has 3 rings (SSSR count). The number of carbonyl (C=O) groups is 3. The molecule has 0 saturated heterocycles. The monoisotopic (exact) mass is 604 g/mol. The summed E-state index contributed by atoms with van der Waals surface area (Å²) in [4.78, 5) is 36.4. The van der Waals surface area contributed by atoms with Crippen LogP contribution in [0.15, 0.2) is 91.0 Å². The van der Waals surface area contributed by atoms with E-state index in [1.165, 1.54) is 36.6 Å². The predicted octanol–water partition coefficient (Wildman–Crippen LogP) is 5.16. The molecule has 0 aliphatic carbocycles. The lowest BCUT2D eigenvalue weighted by Crippen LogP contribution is -2.15. The fourth-order valence-electron chi connectivity index (χ4n) is 3.81. The SMILES string of the molecule is C=C(CO)C(=O)OCOc1cc(OCOC(=O)C(=C)CO)cc(OC(=O)c2ccc(-c3ccc(CCCCC)cc3)cc2)c1. The van der Waals surface area contributed by atoms with Crippen molar-refractivity contribution in [3.05, 3.63) is 102 Å². The number of aliphatic hydroxyl groups excluding tert-OH is 2. The van der Waals surface area contributed by atoms with E-state index in [0.29, 0.717) is 5.56 Å². The fraction of sp³-hybridized carbons (Fsp3) is 0.265. The smallest absolute Gasteiger partial charge is 0.343 e. The van der Waals surface area contributed by atoms with E-state index in [9.17, 15) is 14.4 Å². The van der Waals surface area contributed by atoms with Crippen LogP contribution in [0.2, 0.25) is 0 Å². The number of rotatable bonds is 17. The lowest BCUT2D eigenvalue weighted by molar-refractivity contribution is -0.146. The minimum atomic E-state index is -0.853. The first-order chi connectivity index (χ1) is 21.2. The van der Waals surface area contributed by atoms with Gasteiger partial charge in [-0.05, 0) is 41.7 Å². The second-order valence-corrected chi connectivity index (χ2v) is 9.67. The van der Waals surface area contributed by atoms with Crippen molar-refractivity contribution in [2.75, 3.05) is 26.8 Å². The van der Waals surface area contributed by atoms with Crippen LogP contribution < -0.4 is 14.2 Å². The van der Waals surface area contributed by atoms with Crippen molar-refractivity contribution in [3.63, 3.8) is 0 Å². The van der Waals surface area contributed by atoms with Crippen LogP contribution in [-0.2, 0) is 25.5 Å². The Bertz CT molecular complexity index is 1390. The lowest BCUT2D eigenvalue weighted by atomic mass is 10.0. The van der Waals surface area contributed by atoms with Crippen molar-refractivity contribution in [2.24, 2.45) is 0 Å². The Kier molecular flexibility index (Phi) is 13.2. The summed E-state index contributed by atoms with van der Waals surface area (Å²) in [5.41, 5.74) is 3.26. The highest BCUT2D eigenvalue weighted by atomic mass is 16.7. The quantitative estimate of drug-likeness (QED) is 0.0699. The maximum Gasteiger partial charge on any atom is 0.343 e. The number of ether oxygens (including phenoxy) is 5. The number of unbranched alkanes of at least 4 members (excludes halogenated alkanes) is 2. The zero-order valence-corrected chi connectivity index (χ0v) is 24.6. The van der Waals surface area contributed by atoms with Crippen LogP contribution >= 0.6 is 0 Å². The van der Waals surface area contributed by atoms with Gasteiger partial charge in [0, 0.05) is 18.2 Å². The van der Waals surface area contributed by atoms with Crippen LogP contribution in [0.4, 0.5) is 0 Å². The van der Waals surface area contributed by atoms with Gasteiger partial charge in [-0.15, -0.1) is 0 Å². The standard InChI is InChI=1S/C34H36O10/c1-4-5-6-7-25-8-10-26(11-9-25)27-12-14-28(15-13-27)34(39)44-31-17-29(40-21-42-32(37)23(2)19-35)16-30(18-31)41-22-43-33(38)24(3)20-36/h8-18,35-36H,2-7,19-22H2,1H3. The molecule has 3 aromatic carbocycles. The lowest BCUT2D eigenvalue weighted by Gasteiger charge is -2.13. The molecule has 0 aliphatic rings. The summed E-state index contributed by atoms with van der Waals surface area (Å²) < 4.78 is 26.2. The van der Waals surface area contributed by atoms with Crippen molar-refractivity contribution in [2.45, 2.75) is 32.6 Å². The van der Waals surface area contributed by atoms with Gasteiger partial charge in [-0.2, -0.15) is 0 Å². The summed E-state index contributed by atoms with van der Waals surface area (Å²) in [5.74, 6) is -2.15. The third-order valence-corrected chi connectivity index (χ3v) is 6.33. The first kappa shape index (κ1) is 33.6. The summed E-state index contributed by atoms with van der Waals surface area (Å²) in [7, 11) is 0. The summed E-state index contributed by atoms with van der Waals surface area (Å²) in [6, 6.07) is 19.5. The van der Waals surface area contributed by atoms with Crippen molar-refractivity contribution >= 4 is 17.9 Å². The van der Waals surface area contributed by atoms with Crippen LogP contribution in [0.25, 0.3) is 11.1 Å². The van der Waals surface area contributed by atoms with Gasteiger partial charge in [-0.1, -0.05) is 69.3 Å². The van der Waals surface area contributed by atoms with E-state index >= 15 is 0 Å². The highest BCUT2D eigenvalue weighted by Crippen LogP contribution is 2.29. The Morgan fingerprint density at radius 1 is 0.682 bits per heavy atom. The Morgan fingerprint density at radius 2 is 1.16 bits per heavy atom. The van der Waals surface area contributed by atoms with Gasteiger partial charge in [0.2, 0.25) is 13.6 Å². The van der Waals surface area contributed by atoms with E-state index < -0.39 is 44.7 Å². The fourth-order valence-corrected chi connectivity index (χ4v) is 3.81. The maximum absolute atomic E-state index is 13.0. The van der Waals surface area contributed by atoms with Gasteiger partial charge in [0.1, 0.15) is 17.2 Å². The van der Waals surface area contributed by atoms with Gasteiger partial charge in [0.15, 0.2) is 0 Å². The Morgan fingerprint density at radius 3 is 1.64 bits per heavy atom. The first-order valence-electron chi connectivity index (χ1n) is 14.0. The van der Waals surface area contributed by atoms with Crippen molar-refractivity contribution in [3.8, 4) is 28.4 Å². The van der Waals surface area contributed by atoms with Gasteiger partial charge >= 0.3 is 17.9 Å². The van der Waals surface area contributed by atoms with Gasteiger partial charge in [-0.25, -0.2) is 14.4 Å². The number of hydrogen-bond acceptors (Lipinski definition) is 10. The molecule has 0 radical (unpaired) electrons. The Hall–Kier alpha value is -4.93. The molecule has 0 heterocycles. The molecule has 3 aromatic rings. The van der Waals surface area contributed by atoms with E-state index in [1.807, 2.05) is 12.1 Å². The largest absolute Gasteiger partial charge is 0.457 e. The van der Waals surface area contributed by atoms with Crippen molar-refractivity contribution < 1.29 is 48.3 Å². The van der Waals surface area contributed by atoms with Crippen molar-refractivity contribution in [1.82, 2.24) is 0 Å².